The van der Waals surface area contributed by atoms with Crippen molar-refractivity contribution < 1.29 is 8.78 Å². The van der Waals surface area contributed by atoms with E-state index in [-0.39, 0.29) is 12.6 Å². The molecule has 0 saturated carbocycles. The molecule has 0 aromatic rings. The zero-order valence-corrected chi connectivity index (χ0v) is 4.80. The van der Waals surface area contributed by atoms with Crippen LogP contribution in [0, 0.1) is 0 Å². The summed E-state index contributed by atoms with van der Waals surface area (Å²) in [5.74, 6) is 0. The van der Waals surface area contributed by atoms with Gasteiger partial charge in [0, 0.05) is 6.42 Å². The van der Waals surface area contributed by atoms with E-state index < -0.39 is 5.38 Å². The molecule has 0 radical (unpaired) electrons. The van der Waals surface area contributed by atoms with E-state index in [9.17, 15) is 8.78 Å². The van der Waals surface area contributed by atoms with Crippen molar-refractivity contribution in [3.63, 3.8) is 0 Å². The summed E-state index contributed by atoms with van der Waals surface area (Å²) in [4.78, 5) is 0. The van der Waals surface area contributed by atoms with E-state index in [1.807, 2.05) is 0 Å². The molecule has 0 atom stereocenters. The maximum absolute atomic E-state index is 11.2. The molecule has 0 saturated heterocycles. The fourth-order valence-corrected chi connectivity index (χ4v) is 0. The third-order valence-electron chi connectivity index (χ3n) is 0.401. The predicted octanol–water partition coefficient (Wildman–Crippen LogP) is 2.39. The summed E-state index contributed by atoms with van der Waals surface area (Å²) in [6.45, 7) is 1.33. The molecule has 1 nitrogen and oxygen atoms in total. The Morgan fingerprint density at radius 3 is 1.71 bits per heavy atom. The maximum atomic E-state index is 11.2. The van der Waals surface area contributed by atoms with Gasteiger partial charge in [-0.15, -0.1) is 0 Å². The molecule has 0 aliphatic carbocycles. The van der Waals surface area contributed by atoms with Crippen molar-refractivity contribution in [1.82, 2.24) is 6.15 Å². The fraction of sp³-hybridized carbons (Fsp3) is 1.00. The highest BCUT2D eigenvalue weighted by Crippen LogP contribution is 2.21. The maximum Gasteiger partial charge on any atom is 0.321 e. The van der Waals surface area contributed by atoms with Crippen LogP contribution >= 0.6 is 11.6 Å². The molecule has 0 rings (SSSR count). The lowest BCUT2D eigenvalue weighted by Crippen LogP contribution is -2.00. The molecule has 0 bridgehead atoms. The minimum absolute atomic E-state index is 0. The van der Waals surface area contributed by atoms with Gasteiger partial charge in [0.15, 0.2) is 0 Å². The normalized spacial score (nSPS) is 10.3. The van der Waals surface area contributed by atoms with Gasteiger partial charge in [0.25, 0.3) is 0 Å². The van der Waals surface area contributed by atoms with Crippen molar-refractivity contribution in [2.24, 2.45) is 0 Å². The SMILES string of the molecule is CCC(F)(F)Cl.N. The van der Waals surface area contributed by atoms with Crippen LogP contribution in [0.5, 0.6) is 0 Å². The first-order valence-corrected chi connectivity index (χ1v) is 2.01. The number of rotatable bonds is 1. The summed E-state index contributed by atoms with van der Waals surface area (Å²) in [5, 5.41) is -2.99. The van der Waals surface area contributed by atoms with Gasteiger partial charge in [-0.3, -0.25) is 0 Å². The van der Waals surface area contributed by atoms with Crippen molar-refractivity contribution in [2.75, 3.05) is 0 Å². The van der Waals surface area contributed by atoms with Gasteiger partial charge in [-0.2, -0.15) is 8.78 Å². The molecule has 0 fully saturated rings. The van der Waals surface area contributed by atoms with E-state index >= 15 is 0 Å². The number of hydrogen-bond donors (Lipinski definition) is 1. The molecule has 0 amide bonds. The molecule has 0 spiro atoms. The lowest BCUT2D eigenvalue weighted by Gasteiger charge is -1.98. The molecule has 4 heteroatoms. The highest BCUT2D eigenvalue weighted by molar-refractivity contribution is 6.21. The summed E-state index contributed by atoms with van der Waals surface area (Å²) in [5.41, 5.74) is 0. The van der Waals surface area contributed by atoms with Crippen LogP contribution in [0.3, 0.4) is 0 Å². The lowest BCUT2D eigenvalue weighted by atomic mass is 10.5. The molecule has 0 unspecified atom stereocenters. The molecule has 0 aromatic carbocycles. The molecule has 0 aromatic heterocycles. The molecule has 3 N–H and O–H groups in total. The Morgan fingerprint density at radius 1 is 1.57 bits per heavy atom. The summed E-state index contributed by atoms with van der Waals surface area (Å²) >= 11 is 4.38. The second kappa shape index (κ2) is 3.16. The number of alkyl halides is 3. The van der Waals surface area contributed by atoms with Crippen LogP contribution in [-0.2, 0) is 0 Å². The Hall–Kier alpha value is 0.110. The van der Waals surface area contributed by atoms with Crippen molar-refractivity contribution in [3.05, 3.63) is 0 Å². The summed E-state index contributed by atoms with van der Waals surface area (Å²) in [7, 11) is 0. The topological polar surface area (TPSA) is 35.0 Å². The average molecular weight is 132 g/mol. The van der Waals surface area contributed by atoms with Crippen LogP contribution in [0.1, 0.15) is 13.3 Å². The zero-order chi connectivity index (χ0) is 5.21. The third kappa shape index (κ3) is 10.7. The van der Waals surface area contributed by atoms with Gasteiger partial charge in [-0.05, 0) is 11.6 Å². The van der Waals surface area contributed by atoms with Crippen molar-refractivity contribution in [2.45, 2.75) is 18.7 Å². The molecule has 46 valence electrons. The largest absolute Gasteiger partial charge is 0.344 e. The van der Waals surface area contributed by atoms with E-state index in [0.717, 1.165) is 0 Å². The van der Waals surface area contributed by atoms with Gasteiger partial charge in [0.1, 0.15) is 0 Å². The minimum atomic E-state index is -2.99. The van der Waals surface area contributed by atoms with Crippen LogP contribution < -0.4 is 6.15 Å². The second-order valence-electron chi connectivity index (χ2n) is 0.969. The Morgan fingerprint density at radius 2 is 1.71 bits per heavy atom. The first-order valence-electron chi connectivity index (χ1n) is 1.63. The standard InChI is InChI=1S/C3H5ClF2.H3N/c1-2-3(4,5)6;/h2H2,1H3;1H3. The Labute approximate surface area is 46.2 Å². The first kappa shape index (κ1) is 10.2. The van der Waals surface area contributed by atoms with Crippen LogP contribution in [-0.4, -0.2) is 5.38 Å². The van der Waals surface area contributed by atoms with Crippen LogP contribution in [0.4, 0.5) is 8.78 Å². The minimum Gasteiger partial charge on any atom is -0.344 e. The monoisotopic (exact) mass is 131 g/mol. The van der Waals surface area contributed by atoms with Crippen molar-refractivity contribution in [1.29, 1.82) is 0 Å². The van der Waals surface area contributed by atoms with Gasteiger partial charge >= 0.3 is 5.38 Å². The number of hydrogen-bond acceptors (Lipinski definition) is 1. The molecule has 7 heavy (non-hydrogen) atoms. The van der Waals surface area contributed by atoms with Crippen molar-refractivity contribution >= 4 is 11.6 Å². The summed E-state index contributed by atoms with van der Waals surface area (Å²) < 4.78 is 22.4. The zero-order valence-electron chi connectivity index (χ0n) is 4.05. The van der Waals surface area contributed by atoms with Gasteiger partial charge in [-0.1, -0.05) is 6.92 Å². The number of halogens is 3. The van der Waals surface area contributed by atoms with Crippen molar-refractivity contribution in [3.8, 4) is 0 Å². The van der Waals surface area contributed by atoms with Crippen LogP contribution in [0.15, 0.2) is 0 Å². The molecule has 0 heterocycles. The molecule has 0 aliphatic rings. The van der Waals surface area contributed by atoms with E-state index in [0.29, 0.717) is 0 Å². The molecule has 0 aliphatic heterocycles. The summed E-state index contributed by atoms with van der Waals surface area (Å²) in [6, 6.07) is 0. The smallest absolute Gasteiger partial charge is 0.321 e. The third-order valence-corrected chi connectivity index (χ3v) is 0.668. The first-order chi connectivity index (χ1) is 2.56. The highest BCUT2D eigenvalue weighted by atomic mass is 35.5. The van der Waals surface area contributed by atoms with E-state index in [1.54, 1.807) is 0 Å². The predicted molar refractivity (Wildman–Crippen MR) is 26.1 cm³/mol. The van der Waals surface area contributed by atoms with Gasteiger partial charge in [0.2, 0.25) is 0 Å². The quantitative estimate of drug-likeness (QED) is 0.545. The van der Waals surface area contributed by atoms with E-state index in [1.165, 1.54) is 6.92 Å². The molecular weight excluding hydrogens is 123 g/mol. The lowest BCUT2D eigenvalue weighted by molar-refractivity contribution is 0.0921. The van der Waals surface area contributed by atoms with E-state index in [4.69, 9.17) is 0 Å². The van der Waals surface area contributed by atoms with E-state index in [2.05, 4.69) is 11.6 Å². The average Bonchev–Trinajstić information content (AvgIpc) is 1.35. The van der Waals surface area contributed by atoms with Crippen LogP contribution in [0.25, 0.3) is 0 Å². The highest BCUT2D eigenvalue weighted by Gasteiger charge is 2.19. The fourth-order valence-electron chi connectivity index (χ4n) is 0. The van der Waals surface area contributed by atoms with Gasteiger partial charge in [-0.25, -0.2) is 0 Å². The Balaban J connectivity index is 0. The Kier molecular flexibility index (Phi) is 4.58. The van der Waals surface area contributed by atoms with Gasteiger partial charge < -0.3 is 6.15 Å². The van der Waals surface area contributed by atoms with Crippen LogP contribution in [0.2, 0.25) is 0 Å². The Bertz CT molecular complexity index is 42.7. The second-order valence-corrected chi connectivity index (χ2v) is 1.52. The molecular formula is C3H8ClF2N. The summed E-state index contributed by atoms with van der Waals surface area (Å²) in [6.07, 6.45) is -0.297. The van der Waals surface area contributed by atoms with Gasteiger partial charge in [0.05, 0.1) is 0 Å².